The fourth-order valence-corrected chi connectivity index (χ4v) is 2.95. The molecule has 3 nitrogen and oxygen atoms in total. The van der Waals surface area contributed by atoms with Crippen molar-refractivity contribution >= 4 is 5.91 Å². The second-order valence-corrected chi connectivity index (χ2v) is 5.71. The van der Waals surface area contributed by atoms with Gasteiger partial charge in [-0.2, -0.15) is 5.26 Å². The molecule has 0 aromatic rings. The molecule has 0 aromatic carbocycles. The molecule has 2 rings (SSSR count). The van der Waals surface area contributed by atoms with Crippen LogP contribution in [0.3, 0.4) is 0 Å². The van der Waals surface area contributed by atoms with Crippen molar-refractivity contribution in [2.24, 2.45) is 11.3 Å². The fraction of sp³-hybridized carbons (Fsp3) is 0.857. The van der Waals surface area contributed by atoms with Crippen LogP contribution in [-0.4, -0.2) is 11.9 Å². The van der Waals surface area contributed by atoms with Crippen molar-refractivity contribution in [3.8, 4) is 6.07 Å². The molecule has 17 heavy (non-hydrogen) atoms. The highest BCUT2D eigenvalue weighted by molar-refractivity contribution is 5.85. The van der Waals surface area contributed by atoms with Crippen LogP contribution < -0.4 is 5.32 Å². The molecule has 1 atom stereocenters. The van der Waals surface area contributed by atoms with Gasteiger partial charge in [-0.25, -0.2) is 0 Å². The van der Waals surface area contributed by atoms with Crippen molar-refractivity contribution in [3.05, 3.63) is 0 Å². The van der Waals surface area contributed by atoms with Gasteiger partial charge in [-0.15, -0.1) is 0 Å². The highest BCUT2D eigenvalue weighted by Gasteiger charge is 2.41. The van der Waals surface area contributed by atoms with E-state index in [4.69, 9.17) is 0 Å². The Morgan fingerprint density at radius 1 is 1.29 bits per heavy atom. The van der Waals surface area contributed by atoms with Crippen molar-refractivity contribution in [3.63, 3.8) is 0 Å². The molecule has 1 amide bonds. The Balaban J connectivity index is 1.94. The molecule has 0 saturated heterocycles. The van der Waals surface area contributed by atoms with Crippen LogP contribution in [0.4, 0.5) is 0 Å². The van der Waals surface area contributed by atoms with E-state index in [9.17, 15) is 10.1 Å². The summed E-state index contributed by atoms with van der Waals surface area (Å²) in [5.41, 5.74) is -0.726. The number of nitrogens with one attached hydrogen (secondary N) is 1. The molecule has 0 aliphatic heterocycles. The van der Waals surface area contributed by atoms with Crippen LogP contribution in [-0.2, 0) is 4.79 Å². The third-order valence-corrected chi connectivity index (χ3v) is 4.57. The van der Waals surface area contributed by atoms with Crippen molar-refractivity contribution in [2.45, 2.75) is 64.3 Å². The highest BCUT2D eigenvalue weighted by atomic mass is 16.2. The molecule has 2 saturated carbocycles. The Bertz CT molecular complexity index is 322. The maximum Gasteiger partial charge on any atom is 0.240 e. The molecule has 2 aliphatic rings. The van der Waals surface area contributed by atoms with Gasteiger partial charge >= 0.3 is 0 Å². The van der Waals surface area contributed by atoms with E-state index in [2.05, 4.69) is 18.3 Å². The van der Waals surface area contributed by atoms with Gasteiger partial charge in [0.05, 0.1) is 6.07 Å². The van der Waals surface area contributed by atoms with Crippen LogP contribution >= 0.6 is 0 Å². The first-order chi connectivity index (χ1) is 8.18. The number of amides is 1. The normalized spacial score (nSPS) is 25.4. The van der Waals surface area contributed by atoms with E-state index in [0.717, 1.165) is 32.1 Å². The number of carbonyl (C=O) groups excluding carboxylic acids is 1. The van der Waals surface area contributed by atoms with E-state index in [1.165, 1.54) is 19.3 Å². The molecule has 0 radical (unpaired) electrons. The summed E-state index contributed by atoms with van der Waals surface area (Å²) in [6.45, 7) is 2.08. The highest BCUT2D eigenvalue weighted by Crippen LogP contribution is 2.37. The second kappa shape index (κ2) is 5.08. The van der Waals surface area contributed by atoms with Crippen molar-refractivity contribution in [2.75, 3.05) is 0 Å². The molecular weight excluding hydrogens is 212 g/mol. The molecule has 0 bridgehead atoms. The molecule has 1 unspecified atom stereocenters. The first-order valence-corrected chi connectivity index (χ1v) is 6.90. The van der Waals surface area contributed by atoms with E-state index >= 15 is 0 Å². The lowest BCUT2D eigenvalue weighted by atomic mass is 9.73. The lowest BCUT2D eigenvalue weighted by Gasteiger charge is -2.35. The molecule has 2 fully saturated rings. The third kappa shape index (κ3) is 2.46. The SMILES string of the molecule is CC(NC(=O)C1(C#N)CCCCC1)C1CCC1. The smallest absolute Gasteiger partial charge is 0.240 e. The molecule has 1 N–H and O–H groups in total. The fourth-order valence-electron chi connectivity index (χ4n) is 2.95. The predicted octanol–water partition coefficient (Wildman–Crippen LogP) is 2.77. The second-order valence-electron chi connectivity index (χ2n) is 5.71. The van der Waals surface area contributed by atoms with Crippen LogP contribution in [0, 0.1) is 22.7 Å². The van der Waals surface area contributed by atoms with Gasteiger partial charge in [0.15, 0.2) is 0 Å². The zero-order chi connectivity index (χ0) is 12.3. The Hall–Kier alpha value is -1.04. The monoisotopic (exact) mass is 234 g/mol. The largest absolute Gasteiger partial charge is 0.352 e. The minimum absolute atomic E-state index is 0.0147. The van der Waals surface area contributed by atoms with Crippen LogP contribution in [0.5, 0.6) is 0 Å². The zero-order valence-corrected chi connectivity index (χ0v) is 10.7. The molecular formula is C14H22N2O. The summed E-state index contributed by atoms with van der Waals surface area (Å²) < 4.78 is 0. The maximum atomic E-state index is 12.3. The van der Waals surface area contributed by atoms with Crippen molar-refractivity contribution in [1.29, 1.82) is 5.26 Å². The lowest BCUT2D eigenvalue weighted by molar-refractivity contribution is -0.130. The number of hydrogen-bond acceptors (Lipinski definition) is 2. The Kier molecular flexibility index (Phi) is 3.71. The number of nitriles is 1. The summed E-state index contributed by atoms with van der Waals surface area (Å²) >= 11 is 0. The summed E-state index contributed by atoms with van der Waals surface area (Å²) in [5, 5.41) is 12.4. The average molecular weight is 234 g/mol. The van der Waals surface area contributed by atoms with Gasteiger partial charge in [-0.05, 0) is 38.5 Å². The first kappa shape index (κ1) is 12.4. The minimum atomic E-state index is -0.726. The van der Waals surface area contributed by atoms with Crippen molar-refractivity contribution in [1.82, 2.24) is 5.32 Å². The summed E-state index contributed by atoms with van der Waals surface area (Å²) in [5.74, 6) is 0.623. The lowest BCUT2D eigenvalue weighted by Crippen LogP contribution is -2.48. The van der Waals surface area contributed by atoms with Gasteiger partial charge in [0.25, 0.3) is 0 Å². The molecule has 2 aliphatic carbocycles. The van der Waals surface area contributed by atoms with Gasteiger partial charge in [-0.3, -0.25) is 4.79 Å². The van der Waals surface area contributed by atoms with Crippen LogP contribution in [0.1, 0.15) is 58.3 Å². The average Bonchev–Trinajstić information content (AvgIpc) is 2.27. The number of hydrogen-bond donors (Lipinski definition) is 1. The minimum Gasteiger partial charge on any atom is -0.352 e. The zero-order valence-electron chi connectivity index (χ0n) is 10.7. The third-order valence-electron chi connectivity index (χ3n) is 4.57. The van der Waals surface area contributed by atoms with Crippen LogP contribution in [0.25, 0.3) is 0 Å². The summed E-state index contributed by atoms with van der Waals surface area (Å²) in [6, 6.07) is 2.52. The Morgan fingerprint density at radius 2 is 1.94 bits per heavy atom. The van der Waals surface area contributed by atoms with Gasteiger partial charge in [0.1, 0.15) is 5.41 Å². The topological polar surface area (TPSA) is 52.9 Å². The molecule has 94 valence electrons. The summed E-state index contributed by atoms with van der Waals surface area (Å²) in [4.78, 5) is 12.3. The molecule has 3 heteroatoms. The standard InChI is InChI=1S/C14H22N2O/c1-11(12-6-5-7-12)16-13(17)14(10-15)8-3-2-4-9-14/h11-12H,2-9H2,1H3,(H,16,17). The van der Waals surface area contributed by atoms with Gasteiger partial charge in [0.2, 0.25) is 5.91 Å². The molecule has 0 aromatic heterocycles. The van der Waals surface area contributed by atoms with Crippen LogP contribution in [0.15, 0.2) is 0 Å². The van der Waals surface area contributed by atoms with Gasteiger partial charge in [-0.1, -0.05) is 25.7 Å². The Labute approximate surface area is 104 Å². The van der Waals surface area contributed by atoms with E-state index in [-0.39, 0.29) is 11.9 Å². The van der Waals surface area contributed by atoms with Crippen LogP contribution in [0.2, 0.25) is 0 Å². The number of carbonyl (C=O) groups is 1. The molecule has 0 heterocycles. The van der Waals surface area contributed by atoms with Crippen molar-refractivity contribution < 1.29 is 4.79 Å². The maximum absolute atomic E-state index is 12.3. The van der Waals surface area contributed by atoms with Gasteiger partial charge < -0.3 is 5.32 Å². The Morgan fingerprint density at radius 3 is 2.41 bits per heavy atom. The first-order valence-electron chi connectivity index (χ1n) is 6.90. The van der Waals surface area contributed by atoms with E-state index < -0.39 is 5.41 Å². The summed E-state index contributed by atoms with van der Waals surface area (Å²) in [6.07, 6.45) is 8.40. The number of rotatable bonds is 3. The van der Waals surface area contributed by atoms with E-state index in [0.29, 0.717) is 5.92 Å². The van der Waals surface area contributed by atoms with E-state index in [1.807, 2.05) is 0 Å². The number of nitrogens with zero attached hydrogens (tertiary/aromatic N) is 1. The molecule has 0 spiro atoms. The summed E-state index contributed by atoms with van der Waals surface area (Å²) in [7, 11) is 0. The quantitative estimate of drug-likeness (QED) is 0.816. The predicted molar refractivity (Wildman–Crippen MR) is 66.1 cm³/mol. The van der Waals surface area contributed by atoms with E-state index in [1.54, 1.807) is 0 Å². The van der Waals surface area contributed by atoms with Gasteiger partial charge in [0, 0.05) is 6.04 Å².